The topological polar surface area (TPSA) is 66.4 Å². The van der Waals surface area contributed by atoms with E-state index < -0.39 is 15.4 Å². The monoisotopic (exact) mass is 269 g/mol. The minimum absolute atomic E-state index is 0.188. The van der Waals surface area contributed by atoms with Crippen molar-refractivity contribution in [1.82, 2.24) is 5.32 Å². The molecular formula is C13H19NO3S. The van der Waals surface area contributed by atoms with Gasteiger partial charge in [-0.3, -0.25) is 0 Å². The molecule has 1 saturated heterocycles. The molecule has 1 aromatic carbocycles. The predicted molar refractivity (Wildman–Crippen MR) is 70.3 cm³/mol. The van der Waals surface area contributed by atoms with E-state index in [9.17, 15) is 13.5 Å². The quantitative estimate of drug-likeness (QED) is 0.855. The normalized spacial score (nSPS) is 19.7. The molecule has 2 N–H and O–H groups in total. The van der Waals surface area contributed by atoms with Crippen LogP contribution in [0.5, 0.6) is 0 Å². The van der Waals surface area contributed by atoms with E-state index in [0.717, 1.165) is 5.56 Å². The predicted octanol–water partition coefficient (Wildman–Crippen LogP) is 0.883. The molecule has 5 heteroatoms. The molecule has 1 heterocycles. The maximum atomic E-state index is 12.3. The van der Waals surface area contributed by atoms with Crippen molar-refractivity contribution in [2.45, 2.75) is 30.3 Å². The van der Waals surface area contributed by atoms with Gasteiger partial charge in [0.2, 0.25) is 0 Å². The van der Waals surface area contributed by atoms with Crippen molar-refractivity contribution >= 4 is 9.84 Å². The van der Waals surface area contributed by atoms with Gasteiger partial charge in [-0.05, 0) is 44.5 Å². The Balaban J connectivity index is 2.25. The summed E-state index contributed by atoms with van der Waals surface area (Å²) >= 11 is 0. The fourth-order valence-electron chi connectivity index (χ4n) is 2.37. The van der Waals surface area contributed by atoms with E-state index in [1.165, 1.54) is 0 Å². The molecule has 1 aromatic rings. The average Bonchev–Trinajstić information content (AvgIpc) is 2.28. The van der Waals surface area contributed by atoms with Crippen molar-refractivity contribution in [3.8, 4) is 0 Å². The van der Waals surface area contributed by atoms with Gasteiger partial charge in [0.1, 0.15) is 0 Å². The van der Waals surface area contributed by atoms with Crippen LogP contribution in [0.4, 0.5) is 0 Å². The van der Waals surface area contributed by atoms with E-state index in [1.54, 1.807) is 25.1 Å². The van der Waals surface area contributed by atoms with Gasteiger partial charge in [-0.15, -0.1) is 0 Å². The number of piperidine rings is 1. The first-order chi connectivity index (χ1) is 8.43. The van der Waals surface area contributed by atoms with E-state index in [1.807, 2.05) is 6.07 Å². The highest BCUT2D eigenvalue weighted by Gasteiger charge is 2.35. The van der Waals surface area contributed by atoms with Crippen LogP contribution < -0.4 is 5.32 Å². The second-order valence-corrected chi connectivity index (χ2v) is 6.96. The van der Waals surface area contributed by atoms with Crippen LogP contribution in [0.25, 0.3) is 0 Å². The fraction of sp³-hybridized carbons (Fsp3) is 0.538. The van der Waals surface area contributed by atoms with Crippen LogP contribution >= 0.6 is 0 Å². The number of rotatable bonds is 3. The molecule has 0 spiro atoms. The molecule has 4 nitrogen and oxygen atoms in total. The van der Waals surface area contributed by atoms with Gasteiger partial charge in [-0.1, -0.05) is 18.2 Å². The molecular weight excluding hydrogens is 250 g/mol. The largest absolute Gasteiger partial charge is 0.389 e. The van der Waals surface area contributed by atoms with Crippen molar-refractivity contribution in [2.75, 3.05) is 18.8 Å². The van der Waals surface area contributed by atoms with Crippen molar-refractivity contribution in [3.63, 3.8) is 0 Å². The zero-order chi connectivity index (χ0) is 13.2. The summed E-state index contributed by atoms with van der Waals surface area (Å²) in [6.07, 6.45) is 0.968. The Morgan fingerprint density at radius 1 is 1.28 bits per heavy atom. The number of hydrogen-bond donors (Lipinski definition) is 2. The molecule has 0 atom stereocenters. The zero-order valence-corrected chi connectivity index (χ0v) is 11.3. The maximum absolute atomic E-state index is 12.3. The number of aliphatic hydroxyl groups is 1. The molecule has 1 fully saturated rings. The standard InChI is InChI=1S/C13H19NO3S/c1-11-4-2-3-5-12(11)18(16,17)10-13(15)6-8-14-9-7-13/h2-5,14-15H,6-10H2,1H3. The number of aryl methyl sites for hydroxylation is 1. The molecule has 0 amide bonds. The van der Waals surface area contributed by atoms with E-state index in [4.69, 9.17) is 0 Å². The third-order valence-electron chi connectivity index (χ3n) is 3.42. The number of sulfone groups is 1. The van der Waals surface area contributed by atoms with E-state index in [-0.39, 0.29) is 5.75 Å². The van der Waals surface area contributed by atoms with Crippen LogP contribution in [0.2, 0.25) is 0 Å². The Kier molecular flexibility index (Phi) is 3.75. The highest BCUT2D eigenvalue weighted by atomic mass is 32.2. The van der Waals surface area contributed by atoms with Gasteiger partial charge in [0.25, 0.3) is 0 Å². The van der Waals surface area contributed by atoms with E-state index in [2.05, 4.69) is 5.32 Å². The van der Waals surface area contributed by atoms with Crippen molar-refractivity contribution in [2.24, 2.45) is 0 Å². The summed E-state index contributed by atoms with van der Waals surface area (Å²) < 4.78 is 24.7. The van der Waals surface area contributed by atoms with E-state index in [0.29, 0.717) is 30.8 Å². The summed E-state index contributed by atoms with van der Waals surface area (Å²) in [6, 6.07) is 6.91. The summed E-state index contributed by atoms with van der Waals surface area (Å²) in [6.45, 7) is 3.11. The second-order valence-electron chi connectivity index (χ2n) is 5.00. The molecule has 0 aliphatic carbocycles. The molecule has 2 rings (SSSR count). The Morgan fingerprint density at radius 2 is 1.89 bits per heavy atom. The lowest BCUT2D eigenvalue weighted by Gasteiger charge is -2.32. The molecule has 18 heavy (non-hydrogen) atoms. The van der Waals surface area contributed by atoms with Crippen LogP contribution in [0.15, 0.2) is 29.2 Å². The van der Waals surface area contributed by atoms with Crippen molar-refractivity contribution < 1.29 is 13.5 Å². The van der Waals surface area contributed by atoms with Crippen molar-refractivity contribution in [3.05, 3.63) is 29.8 Å². The van der Waals surface area contributed by atoms with Crippen LogP contribution in [-0.2, 0) is 9.84 Å². The first kappa shape index (κ1) is 13.5. The number of benzene rings is 1. The lowest BCUT2D eigenvalue weighted by Crippen LogP contribution is -2.46. The lowest BCUT2D eigenvalue weighted by molar-refractivity contribution is 0.0323. The Labute approximate surface area is 108 Å². The van der Waals surface area contributed by atoms with Crippen LogP contribution in [0.3, 0.4) is 0 Å². The van der Waals surface area contributed by atoms with Crippen LogP contribution in [0.1, 0.15) is 18.4 Å². The molecule has 0 bridgehead atoms. The van der Waals surface area contributed by atoms with Gasteiger partial charge in [0, 0.05) is 0 Å². The van der Waals surface area contributed by atoms with Crippen molar-refractivity contribution in [1.29, 1.82) is 0 Å². The first-order valence-electron chi connectivity index (χ1n) is 6.14. The van der Waals surface area contributed by atoms with Gasteiger partial charge >= 0.3 is 0 Å². The SMILES string of the molecule is Cc1ccccc1S(=O)(=O)CC1(O)CCNCC1. The first-order valence-corrected chi connectivity index (χ1v) is 7.80. The van der Waals surface area contributed by atoms with Gasteiger partial charge < -0.3 is 10.4 Å². The highest BCUT2D eigenvalue weighted by Crippen LogP contribution is 2.25. The molecule has 0 saturated carbocycles. The van der Waals surface area contributed by atoms with Gasteiger partial charge in [0.05, 0.1) is 16.2 Å². The van der Waals surface area contributed by atoms with Gasteiger partial charge in [-0.2, -0.15) is 0 Å². The molecule has 0 radical (unpaired) electrons. The summed E-state index contributed by atoms with van der Waals surface area (Å²) in [4.78, 5) is 0.331. The van der Waals surface area contributed by atoms with Crippen LogP contribution in [-0.4, -0.2) is 38.0 Å². The number of hydrogen-bond acceptors (Lipinski definition) is 4. The Morgan fingerprint density at radius 3 is 2.50 bits per heavy atom. The van der Waals surface area contributed by atoms with Crippen LogP contribution in [0, 0.1) is 6.92 Å². The van der Waals surface area contributed by atoms with E-state index >= 15 is 0 Å². The summed E-state index contributed by atoms with van der Waals surface area (Å²) in [5.41, 5.74) is -0.359. The lowest BCUT2D eigenvalue weighted by atomic mass is 9.95. The smallest absolute Gasteiger partial charge is 0.181 e. The van der Waals surface area contributed by atoms with Gasteiger partial charge in [0.15, 0.2) is 9.84 Å². The summed E-state index contributed by atoms with van der Waals surface area (Å²) in [5.74, 6) is -0.188. The Bertz CT molecular complexity index is 519. The highest BCUT2D eigenvalue weighted by molar-refractivity contribution is 7.91. The molecule has 0 unspecified atom stereocenters. The minimum Gasteiger partial charge on any atom is -0.389 e. The third-order valence-corrected chi connectivity index (χ3v) is 5.47. The summed E-state index contributed by atoms with van der Waals surface area (Å²) in [7, 11) is -3.43. The second kappa shape index (κ2) is 4.99. The fourth-order valence-corrected chi connectivity index (χ4v) is 4.37. The minimum atomic E-state index is -3.43. The Hall–Kier alpha value is -0.910. The molecule has 1 aliphatic heterocycles. The maximum Gasteiger partial charge on any atom is 0.181 e. The zero-order valence-electron chi connectivity index (χ0n) is 10.5. The summed E-state index contributed by atoms with van der Waals surface area (Å²) in [5, 5.41) is 13.5. The van der Waals surface area contributed by atoms with Gasteiger partial charge in [-0.25, -0.2) is 8.42 Å². The third kappa shape index (κ3) is 2.91. The number of nitrogens with one attached hydrogen (secondary N) is 1. The molecule has 1 aliphatic rings. The molecule has 100 valence electrons. The average molecular weight is 269 g/mol. The molecule has 0 aromatic heterocycles.